The molecule has 0 amide bonds. The Labute approximate surface area is 216 Å². The van der Waals surface area contributed by atoms with Gasteiger partial charge in [-0.15, -0.1) is 0 Å². The summed E-state index contributed by atoms with van der Waals surface area (Å²) in [5.74, 6) is 0.480. The van der Waals surface area contributed by atoms with Gasteiger partial charge < -0.3 is 9.47 Å². The first-order valence-corrected chi connectivity index (χ1v) is 17.6. The van der Waals surface area contributed by atoms with Crippen molar-refractivity contribution in [3.8, 4) is 0 Å². The number of hydrogen-bond acceptors (Lipinski definition) is 4. The van der Waals surface area contributed by atoms with Crippen LogP contribution in [-0.4, -0.2) is 46.3 Å². The van der Waals surface area contributed by atoms with Gasteiger partial charge in [-0.3, -0.25) is 0 Å². The molecule has 0 saturated carbocycles. The average molecular weight is 573 g/mol. The Morgan fingerprint density at radius 2 is 1.03 bits per heavy atom. The van der Waals surface area contributed by atoms with Crippen molar-refractivity contribution in [2.75, 3.05) is 13.2 Å². The molecule has 0 saturated heterocycles. The predicted octanol–water partition coefficient (Wildman–Crippen LogP) is 8.19. The second-order valence-corrected chi connectivity index (χ2v) is 13.9. The Kier molecular flexibility index (Phi) is 29.1. The third-order valence-electron chi connectivity index (χ3n) is 5.11. The second kappa shape index (κ2) is 27.7. The molecule has 194 valence electrons. The van der Waals surface area contributed by atoms with Crippen LogP contribution in [0.2, 0.25) is 8.87 Å². The summed E-state index contributed by atoms with van der Waals surface area (Å²) in [6, 6.07) is 0. The molecule has 0 N–H and O–H groups in total. The van der Waals surface area contributed by atoms with E-state index in [1.807, 2.05) is 0 Å². The molecule has 0 aromatic rings. The molecule has 0 atom stereocenters. The first kappa shape index (κ1) is 34.6. The van der Waals surface area contributed by atoms with Gasteiger partial charge in [-0.25, -0.2) is 9.59 Å². The minimum absolute atomic E-state index is 0.149. The van der Waals surface area contributed by atoms with Crippen LogP contribution >= 0.6 is 0 Å². The topological polar surface area (TPSA) is 52.6 Å². The average Bonchev–Trinajstić information content (AvgIpc) is 2.77. The van der Waals surface area contributed by atoms with Gasteiger partial charge in [-0.1, -0.05) is 66.2 Å². The van der Waals surface area contributed by atoms with E-state index in [1.54, 1.807) is 8.87 Å². The number of carbonyl (C=O) groups is 2. The zero-order chi connectivity index (χ0) is 25.2. The molecule has 0 aliphatic heterocycles. The third kappa shape index (κ3) is 33.7. The van der Waals surface area contributed by atoms with Crippen LogP contribution in [0.25, 0.3) is 0 Å². The maximum absolute atomic E-state index is 11.5. The van der Waals surface area contributed by atoms with Gasteiger partial charge in [0.1, 0.15) is 0 Å². The molecule has 0 aromatic heterocycles. The molecule has 33 heavy (non-hydrogen) atoms. The summed E-state index contributed by atoms with van der Waals surface area (Å²) in [6.45, 7) is 14.2. The van der Waals surface area contributed by atoms with Crippen LogP contribution in [0.15, 0.2) is 12.2 Å². The molecule has 0 fully saturated rings. The van der Waals surface area contributed by atoms with Crippen LogP contribution in [0.3, 0.4) is 0 Å². The van der Waals surface area contributed by atoms with Crippen molar-refractivity contribution in [3.05, 3.63) is 12.2 Å². The van der Waals surface area contributed by atoms with E-state index in [0.717, 1.165) is 62.5 Å². The summed E-state index contributed by atoms with van der Waals surface area (Å²) in [5.41, 5.74) is 0. The summed E-state index contributed by atoms with van der Waals surface area (Å²) in [7, 11) is 0. The molecule has 5 heteroatoms. The van der Waals surface area contributed by atoms with Crippen molar-refractivity contribution >= 4 is 33.1 Å². The van der Waals surface area contributed by atoms with Crippen molar-refractivity contribution in [3.63, 3.8) is 0 Å². The van der Waals surface area contributed by atoms with Crippen LogP contribution < -0.4 is 0 Å². The normalized spacial score (nSPS) is 11.0. The van der Waals surface area contributed by atoms with E-state index in [1.165, 1.54) is 38.5 Å². The van der Waals surface area contributed by atoms with Crippen molar-refractivity contribution in [1.82, 2.24) is 0 Å². The summed E-state index contributed by atoms with van der Waals surface area (Å²) in [4.78, 5) is 22.9. The fourth-order valence-corrected chi connectivity index (χ4v) is 7.13. The van der Waals surface area contributed by atoms with E-state index in [2.05, 4.69) is 41.5 Å². The van der Waals surface area contributed by atoms with Crippen LogP contribution in [0.1, 0.15) is 119 Å². The Morgan fingerprint density at radius 1 is 0.636 bits per heavy atom. The van der Waals surface area contributed by atoms with Crippen molar-refractivity contribution in [1.29, 1.82) is 0 Å². The van der Waals surface area contributed by atoms with Gasteiger partial charge in [0, 0.05) is 12.2 Å². The van der Waals surface area contributed by atoms with E-state index in [9.17, 15) is 9.59 Å². The summed E-state index contributed by atoms with van der Waals surface area (Å²) >= 11 is 0.149. The first-order chi connectivity index (χ1) is 15.8. The molecule has 0 aromatic carbocycles. The summed E-state index contributed by atoms with van der Waals surface area (Å²) < 4.78 is 13.3. The summed E-state index contributed by atoms with van der Waals surface area (Å²) in [6.07, 6.45) is 16.7. The van der Waals surface area contributed by atoms with E-state index in [4.69, 9.17) is 9.47 Å². The van der Waals surface area contributed by atoms with Crippen molar-refractivity contribution < 1.29 is 19.1 Å². The predicted molar refractivity (Wildman–Crippen MR) is 143 cm³/mol. The molecule has 2 radical (unpaired) electrons. The van der Waals surface area contributed by atoms with Gasteiger partial charge in [-0.05, 0) is 24.7 Å². The van der Waals surface area contributed by atoms with Crippen LogP contribution in [-0.2, 0) is 19.1 Å². The monoisotopic (exact) mass is 574 g/mol. The number of ether oxygens (including phenoxy) is 2. The molecular formula is C28H54O4Sn. The van der Waals surface area contributed by atoms with E-state index < -0.39 is 11.9 Å². The van der Waals surface area contributed by atoms with Crippen LogP contribution in [0.4, 0.5) is 0 Å². The van der Waals surface area contributed by atoms with Gasteiger partial charge in [0.2, 0.25) is 0 Å². The van der Waals surface area contributed by atoms with E-state index in [0.29, 0.717) is 13.2 Å². The van der Waals surface area contributed by atoms with Crippen molar-refractivity contribution in [2.45, 2.75) is 127 Å². The van der Waals surface area contributed by atoms with Gasteiger partial charge in [0.25, 0.3) is 0 Å². The fraction of sp³-hybridized carbons (Fsp3) is 0.857. The van der Waals surface area contributed by atoms with E-state index in [-0.39, 0.29) is 21.1 Å². The minimum atomic E-state index is -0.479. The zero-order valence-electron chi connectivity index (χ0n) is 22.8. The molecule has 0 aliphatic rings. The Balaban J connectivity index is 0. The third-order valence-corrected chi connectivity index (χ3v) is 9.15. The number of unbranched alkanes of at least 4 members (excludes halogenated alkanes) is 6. The standard InChI is InChI=1S/C20H36O4.2C4H9.Sn/c1-17(2)11-7-5-9-15-23-19(21)13-14-20(22)24-16-10-6-8-12-18(3)4;2*1-3-4-2;/h13-14,17-18H,5-12,15-16H2,1-4H3;2*1,3-4H2,2H3;. The molecule has 0 unspecified atom stereocenters. The number of hydrogen-bond donors (Lipinski definition) is 0. The van der Waals surface area contributed by atoms with Crippen LogP contribution in [0.5, 0.6) is 0 Å². The molecule has 0 aliphatic carbocycles. The fourth-order valence-electron chi connectivity index (χ4n) is 2.97. The molecular weight excluding hydrogens is 519 g/mol. The number of esters is 2. The summed E-state index contributed by atoms with van der Waals surface area (Å²) in [5, 5.41) is 0. The Bertz CT molecular complexity index is 421. The van der Waals surface area contributed by atoms with Crippen LogP contribution in [0, 0.1) is 11.8 Å². The molecule has 4 nitrogen and oxygen atoms in total. The molecule has 0 spiro atoms. The molecule has 0 bridgehead atoms. The number of carbonyl (C=O) groups excluding carboxylic acids is 2. The SMILES string of the molecule is CC(C)CCCCCOC(=O)C=CC(=O)OCCCCCC(C)C.CCC[CH2][Sn][CH2]CCC. The van der Waals surface area contributed by atoms with Gasteiger partial charge >= 0.3 is 81.5 Å². The van der Waals surface area contributed by atoms with Gasteiger partial charge in [-0.2, -0.15) is 0 Å². The molecule has 0 heterocycles. The maximum atomic E-state index is 11.5. The Morgan fingerprint density at radius 3 is 1.36 bits per heavy atom. The molecule has 0 rings (SSSR count). The van der Waals surface area contributed by atoms with Gasteiger partial charge in [0.15, 0.2) is 0 Å². The second-order valence-electron chi connectivity index (χ2n) is 9.61. The van der Waals surface area contributed by atoms with Crippen molar-refractivity contribution in [2.24, 2.45) is 11.8 Å². The number of rotatable bonds is 20. The quantitative estimate of drug-likeness (QED) is 0.0638. The Hall–Kier alpha value is -0.521. The van der Waals surface area contributed by atoms with Gasteiger partial charge in [0.05, 0.1) is 13.2 Å². The first-order valence-electron chi connectivity index (χ1n) is 13.6. The zero-order valence-corrected chi connectivity index (χ0v) is 25.6. The van der Waals surface area contributed by atoms with E-state index >= 15 is 0 Å².